The van der Waals surface area contributed by atoms with Crippen molar-refractivity contribution >= 4 is 5.91 Å². The third-order valence-electron chi connectivity index (χ3n) is 3.66. The van der Waals surface area contributed by atoms with Gasteiger partial charge in [0.15, 0.2) is 0 Å². The zero-order chi connectivity index (χ0) is 14.3. The largest absolute Gasteiger partial charge is 0.356 e. The van der Waals surface area contributed by atoms with E-state index in [4.69, 9.17) is 0 Å². The summed E-state index contributed by atoms with van der Waals surface area (Å²) < 4.78 is 0. The Morgan fingerprint density at radius 3 is 2.42 bits per heavy atom. The van der Waals surface area contributed by atoms with Gasteiger partial charge in [-0.05, 0) is 66.1 Å². The average molecular weight is 269 g/mol. The summed E-state index contributed by atoms with van der Waals surface area (Å²) in [7, 11) is 0. The molecule has 0 unspecified atom stereocenters. The summed E-state index contributed by atoms with van der Waals surface area (Å²) >= 11 is 0. The maximum atomic E-state index is 11.4. The maximum Gasteiger partial charge on any atom is 0.221 e. The first-order valence-corrected chi connectivity index (χ1v) is 7.65. The van der Waals surface area contributed by atoms with Crippen molar-refractivity contribution in [2.45, 2.75) is 52.5 Å². The number of piperidine rings is 1. The van der Waals surface area contributed by atoms with Crippen molar-refractivity contribution in [1.82, 2.24) is 15.5 Å². The number of hydrogen-bond acceptors (Lipinski definition) is 3. The van der Waals surface area contributed by atoms with E-state index in [1.165, 1.54) is 12.8 Å². The van der Waals surface area contributed by atoms with E-state index in [1.807, 2.05) is 6.92 Å². The number of carbonyl (C=O) groups is 1. The van der Waals surface area contributed by atoms with Gasteiger partial charge in [0.2, 0.25) is 5.91 Å². The molecule has 0 aromatic carbocycles. The highest BCUT2D eigenvalue weighted by atomic mass is 16.1. The Hall–Kier alpha value is -0.610. The number of likely N-dealkylation sites (tertiary alicyclic amines) is 1. The van der Waals surface area contributed by atoms with E-state index in [9.17, 15) is 4.79 Å². The molecule has 19 heavy (non-hydrogen) atoms. The van der Waals surface area contributed by atoms with Crippen LogP contribution < -0.4 is 10.6 Å². The fraction of sp³-hybridized carbons (Fsp3) is 0.933. The highest BCUT2D eigenvalue weighted by molar-refractivity contribution is 5.75. The van der Waals surface area contributed by atoms with Crippen LogP contribution in [0.15, 0.2) is 0 Å². The third kappa shape index (κ3) is 7.53. The SMILES string of the molecule is CCNC(=O)CCN1CCC(CNC(C)(C)C)CC1. The quantitative estimate of drug-likeness (QED) is 0.770. The molecule has 1 rings (SSSR count). The van der Waals surface area contributed by atoms with E-state index in [0.717, 1.165) is 38.6 Å². The summed E-state index contributed by atoms with van der Waals surface area (Å²) in [4.78, 5) is 13.8. The molecule has 1 fully saturated rings. The lowest BCUT2D eigenvalue weighted by Crippen LogP contribution is -2.43. The molecular weight excluding hydrogens is 238 g/mol. The van der Waals surface area contributed by atoms with Gasteiger partial charge in [0, 0.05) is 25.0 Å². The standard InChI is InChI=1S/C15H31N3O/c1-5-16-14(19)8-11-18-9-6-13(7-10-18)12-17-15(2,3)4/h13,17H,5-12H2,1-4H3,(H,16,19). The minimum atomic E-state index is 0.180. The molecule has 2 N–H and O–H groups in total. The molecule has 1 amide bonds. The fourth-order valence-corrected chi connectivity index (χ4v) is 2.41. The summed E-state index contributed by atoms with van der Waals surface area (Å²) in [5.74, 6) is 0.971. The van der Waals surface area contributed by atoms with Gasteiger partial charge < -0.3 is 15.5 Å². The van der Waals surface area contributed by atoms with E-state index < -0.39 is 0 Å². The Bertz CT molecular complexity index is 265. The van der Waals surface area contributed by atoms with E-state index in [0.29, 0.717) is 6.42 Å². The Balaban J connectivity index is 2.13. The van der Waals surface area contributed by atoms with Crippen molar-refractivity contribution in [3.05, 3.63) is 0 Å². The molecule has 0 spiro atoms. The number of carbonyl (C=O) groups excluding carboxylic acids is 1. The number of nitrogens with zero attached hydrogens (tertiary/aromatic N) is 1. The Morgan fingerprint density at radius 1 is 1.26 bits per heavy atom. The van der Waals surface area contributed by atoms with Crippen LogP contribution in [0, 0.1) is 5.92 Å². The molecule has 0 bridgehead atoms. The molecule has 0 saturated carbocycles. The highest BCUT2D eigenvalue weighted by Gasteiger charge is 2.20. The normalized spacial score (nSPS) is 18.5. The van der Waals surface area contributed by atoms with Crippen LogP contribution in [0.2, 0.25) is 0 Å². The summed E-state index contributed by atoms with van der Waals surface area (Å²) in [5.41, 5.74) is 0.218. The van der Waals surface area contributed by atoms with Crippen molar-refractivity contribution in [2.75, 3.05) is 32.7 Å². The van der Waals surface area contributed by atoms with Crippen LogP contribution >= 0.6 is 0 Å². The second-order valence-electron chi connectivity index (χ2n) is 6.62. The minimum absolute atomic E-state index is 0.180. The fourth-order valence-electron chi connectivity index (χ4n) is 2.41. The third-order valence-corrected chi connectivity index (χ3v) is 3.66. The summed E-state index contributed by atoms with van der Waals surface area (Å²) in [5, 5.41) is 6.45. The van der Waals surface area contributed by atoms with E-state index in [1.54, 1.807) is 0 Å². The molecule has 0 aliphatic carbocycles. The van der Waals surface area contributed by atoms with Crippen molar-refractivity contribution < 1.29 is 4.79 Å². The van der Waals surface area contributed by atoms with Crippen LogP contribution in [-0.4, -0.2) is 49.1 Å². The molecule has 1 saturated heterocycles. The monoisotopic (exact) mass is 269 g/mol. The Morgan fingerprint density at radius 2 is 1.89 bits per heavy atom. The molecule has 1 aliphatic heterocycles. The van der Waals surface area contributed by atoms with Crippen LogP contribution in [0.3, 0.4) is 0 Å². The van der Waals surface area contributed by atoms with Gasteiger partial charge in [-0.25, -0.2) is 0 Å². The second-order valence-corrected chi connectivity index (χ2v) is 6.62. The van der Waals surface area contributed by atoms with Crippen LogP contribution in [0.1, 0.15) is 47.0 Å². The minimum Gasteiger partial charge on any atom is -0.356 e. The van der Waals surface area contributed by atoms with Gasteiger partial charge in [-0.1, -0.05) is 0 Å². The lowest BCUT2D eigenvalue weighted by molar-refractivity contribution is -0.121. The zero-order valence-corrected chi connectivity index (χ0v) is 13.1. The van der Waals surface area contributed by atoms with Gasteiger partial charge in [0.1, 0.15) is 0 Å². The summed E-state index contributed by atoms with van der Waals surface area (Å²) in [6.45, 7) is 13.6. The number of amides is 1. The number of rotatable bonds is 6. The van der Waals surface area contributed by atoms with Crippen molar-refractivity contribution in [2.24, 2.45) is 5.92 Å². The van der Waals surface area contributed by atoms with Crippen LogP contribution in [-0.2, 0) is 4.79 Å². The molecule has 1 aliphatic rings. The predicted molar refractivity (Wildman–Crippen MR) is 80.2 cm³/mol. The van der Waals surface area contributed by atoms with Gasteiger partial charge in [0.25, 0.3) is 0 Å². The first-order chi connectivity index (χ1) is 8.90. The van der Waals surface area contributed by atoms with Gasteiger partial charge in [0.05, 0.1) is 0 Å². The summed E-state index contributed by atoms with van der Waals surface area (Å²) in [6, 6.07) is 0. The Labute approximate surface area is 118 Å². The van der Waals surface area contributed by atoms with Gasteiger partial charge in [-0.2, -0.15) is 0 Å². The van der Waals surface area contributed by atoms with Crippen molar-refractivity contribution in [1.29, 1.82) is 0 Å². The topological polar surface area (TPSA) is 44.4 Å². The molecule has 4 heteroatoms. The van der Waals surface area contributed by atoms with Crippen LogP contribution in [0.4, 0.5) is 0 Å². The summed E-state index contributed by atoms with van der Waals surface area (Å²) in [6.07, 6.45) is 3.13. The van der Waals surface area contributed by atoms with Gasteiger partial charge >= 0.3 is 0 Å². The maximum absolute atomic E-state index is 11.4. The Kier molecular flexibility index (Phi) is 6.80. The first kappa shape index (κ1) is 16.4. The van der Waals surface area contributed by atoms with Gasteiger partial charge in [-0.15, -0.1) is 0 Å². The van der Waals surface area contributed by atoms with Crippen molar-refractivity contribution in [3.63, 3.8) is 0 Å². The molecule has 1 heterocycles. The molecule has 0 aromatic heterocycles. The van der Waals surface area contributed by atoms with Crippen molar-refractivity contribution in [3.8, 4) is 0 Å². The van der Waals surface area contributed by atoms with Crippen LogP contribution in [0.25, 0.3) is 0 Å². The van der Waals surface area contributed by atoms with E-state index in [-0.39, 0.29) is 11.4 Å². The van der Waals surface area contributed by atoms with E-state index >= 15 is 0 Å². The van der Waals surface area contributed by atoms with Gasteiger partial charge in [-0.3, -0.25) is 4.79 Å². The molecule has 0 radical (unpaired) electrons. The molecule has 112 valence electrons. The van der Waals surface area contributed by atoms with E-state index in [2.05, 4.69) is 36.3 Å². The number of hydrogen-bond donors (Lipinski definition) is 2. The first-order valence-electron chi connectivity index (χ1n) is 7.65. The molecular formula is C15H31N3O. The molecule has 0 atom stereocenters. The predicted octanol–water partition coefficient (Wildman–Crippen LogP) is 1.61. The smallest absolute Gasteiger partial charge is 0.221 e. The number of nitrogens with one attached hydrogen (secondary N) is 2. The lowest BCUT2D eigenvalue weighted by atomic mass is 9.95. The second kappa shape index (κ2) is 7.85. The molecule has 0 aromatic rings. The zero-order valence-electron chi connectivity index (χ0n) is 13.1. The average Bonchev–Trinajstić information content (AvgIpc) is 2.34. The highest BCUT2D eigenvalue weighted by Crippen LogP contribution is 2.17. The molecule has 4 nitrogen and oxygen atoms in total. The van der Waals surface area contributed by atoms with Crippen LogP contribution in [0.5, 0.6) is 0 Å². The lowest BCUT2D eigenvalue weighted by Gasteiger charge is -2.33.